The zero-order chi connectivity index (χ0) is 18.6. The first-order valence-electron chi connectivity index (χ1n) is 7.16. The van der Waals surface area contributed by atoms with E-state index < -0.39 is 41.5 Å². The van der Waals surface area contributed by atoms with E-state index in [1.54, 1.807) is 24.3 Å². The van der Waals surface area contributed by atoms with Crippen LogP contribution in [0.5, 0.6) is 11.5 Å². The highest BCUT2D eigenvalue weighted by Crippen LogP contribution is 2.26. The zero-order valence-corrected chi connectivity index (χ0v) is 13.5. The lowest BCUT2D eigenvalue weighted by Crippen LogP contribution is -2.31. The number of likely N-dealkylation sites (N-methyl/N-ethyl adjacent to an activating group) is 1. The molecular weight excluding hydrogens is 342 g/mol. The zero-order valence-electron chi connectivity index (χ0n) is 13.5. The molecule has 0 atom stereocenters. The lowest BCUT2D eigenvalue weighted by atomic mass is 10.2. The molecule has 0 aliphatic heterocycles. The van der Waals surface area contributed by atoms with Gasteiger partial charge >= 0.3 is 0 Å². The molecular formula is C17H15F4NO3. The SMILES string of the molecule is COc1cccc(CN(C)C(=O)COc2c(F)c(F)cc(F)c2F)c1. The quantitative estimate of drug-likeness (QED) is 0.588. The average molecular weight is 357 g/mol. The molecule has 2 aromatic rings. The Labute approximate surface area is 141 Å². The van der Waals surface area contributed by atoms with Crippen LogP contribution >= 0.6 is 0 Å². The van der Waals surface area contributed by atoms with E-state index in [9.17, 15) is 22.4 Å². The third-order valence-corrected chi connectivity index (χ3v) is 3.39. The van der Waals surface area contributed by atoms with Crippen LogP contribution in [0.1, 0.15) is 5.56 Å². The van der Waals surface area contributed by atoms with Crippen LogP contribution in [0.3, 0.4) is 0 Å². The summed E-state index contributed by atoms with van der Waals surface area (Å²) >= 11 is 0. The third-order valence-electron chi connectivity index (χ3n) is 3.39. The van der Waals surface area contributed by atoms with Crippen LogP contribution in [0.2, 0.25) is 0 Å². The fourth-order valence-corrected chi connectivity index (χ4v) is 2.05. The van der Waals surface area contributed by atoms with Gasteiger partial charge in [-0.25, -0.2) is 8.78 Å². The Morgan fingerprint density at radius 3 is 2.32 bits per heavy atom. The van der Waals surface area contributed by atoms with E-state index in [2.05, 4.69) is 4.74 Å². The summed E-state index contributed by atoms with van der Waals surface area (Å²) in [4.78, 5) is 13.2. The third kappa shape index (κ3) is 4.40. The number of rotatable bonds is 6. The summed E-state index contributed by atoms with van der Waals surface area (Å²) in [6, 6.07) is 7.01. The van der Waals surface area contributed by atoms with Crippen LogP contribution in [-0.4, -0.2) is 31.6 Å². The highest BCUT2D eigenvalue weighted by molar-refractivity contribution is 5.77. The second-order valence-electron chi connectivity index (χ2n) is 5.19. The Hall–Kier alpha value is -2.77. The Morgan fingerprint density at radius 1 is 1.08 bits per heavy atom. The maximum absolute atomic E-state index is 13.5. The van der Waals surface area contributed by atoms with Crippen LogP contribution in [0.15, 0.2) is 30.3 Å². The molecule has 25 heavy (non-hydrogen) atoms. The summed E-state index contributed by atoms with van der Waals surface area (Å²) in [5, 5.41) is 0. The van der Waals surface area contributed by atoms with Gasteiger partial charge in [0.25, 0.3) is 5.91 Å². The topological polar surface area (TPSA) is 38.8 Å². The number of methoxy groups -OCH3 is 1. The molecule has 0 spiro atoms. The minimum atomic E-state index is -1.69. The van der Waals surface area contributed by atoms with Crippen LogP contribution in [-0.2, 0) is 11.3 Å². The minimum Gasteiger partial charge on any atom is -0.497 e. The second kappa shape index (κ2) is 7.87. The fourth-order valence-electron chi connectivity index (χ4n) is 2.05. The van der Waals surface area contributed by atoms with Crippen molar-refractivity contribution in [2.75, 3.05) is 20.8 Å². The number of ether oxygens (including phenoxy) is 2. The van der Waals surface area contributed by atoms with E-state index in [0.717, 1.165) is 5.56 Å². The summed E-state index contributed by atoms with van der Waals surface area (Å²) in [6.45, 7) is -0.598. The smallest absolute Gasteiger partial charge is 0.260 e. The van der Waals surface area contributed by atoms with Crippen LogP contribution in [0.4, 0.5) is 17.6 Å². The molecule has 0 unspecified atom stereocenters. The Kier molecular flexibility index (Phi) is 5.84. The van der Waals surface area contributed by atoms with Crippen molar-refractivity contribution < 1.29 is 31.8 Å². The van der Waals surface area contributed by atoms with Crippen LogP contribution in [0.25, 0.3) is 0 Å². The van der Waals surface area contributed by atoms with Gasteiger partial charge in [-0.15, -0.1) is 0 Å². The van der Waals surface area contributed by atoms with Crippen molar-refractivity contribution in [2.45, 2.75) is 6.54 Å². The molecule has 2 aromatic carbocycles. The predicted octanol–water partition coefficient (Wildman–Crippen LogP) is 3.29. The standard InChI is InChI=1S/C17H15F4NO3/c1-22(8-10-4-3-5-11(6-10)24-2)14(23)9-25-17-15(20)12(18)7-13(19)16(17)21/h3-7H,8-9H2,1-2H3. The molecule has 2 rings (SSSR count). The lowest BCUT2D eigenvalue weighted by Gasteiger charge is -2.18. The first-order valence-corrected chi connectivity index (χ1v) is 7.16. The number of benzene rings is 2. The first kappa shape index (κ1) is 18.6. The van der Waals surface area contributed by atoms with E-state index in [-0.39, 0.29) is 12.6 Å². The van der Waals surface area contributed by atoms with Gasteiger partial charge in [0.2, 0.25) is 11.6 Å². The molecule has 0 aliphatic rings. The number of carbonyl (C=O) groups is 1. The second-order valence-corrected chi connectivity index (χ2v) is 5.19. The van der Waals surface area contributed by atoms with Crippen molar-refractivity contribution >= 4 is 5.91 Å². The average Bonchev–Trinajstić information content (AvgIpc) is 2.60. The van der Waals surface area contributed by atoms with Gasteiger partial charge in [-0.1, -0.05) is 12.1 Å². The van der Waals surface area contributed by atoms with Crippen molar-refractivity contribution in [1.29, 1.82) is 0 Å². The Bertz CT molecular complexity index is 756. The van der Waals surface area contributed by atoms with Crippen molar-refractivity contribution in [2.24, 2.45) is 0 Å². The number of hydrogen-bond acceptors (Lipinski definition) is 3. The summed E-state index contributed by atoms with van der Waals surface area (Å²) in [6.07, 6.45) is 0. The van der Waals surface area contributed by atoms with E-state index >= 15 is 0 Å². The molecule has 0 aromatic heterocycles. The summed E-state index contributed by atoms with van der Waals surface area (Å²) in [7, 11) is 2.95. The number of amides is 1. The molecule has 0 bridgehead atoms. The van der Waals surface area contributed by atoms with Gasteiger partial charge in [-0.05, 0) is 17.7 Å². The van der Waals surface area contributed by atoms with Crippen molar-refractivity contribution in [3.05, 3.63) is 59.2 Å². The van der Waals surface area contributed by atoms with Gasteiger partial charge in [0.15, 0.2) is 24.0 Å². The highest BCUT2D eigenvalue weighted by atomic mass is 19.2. The Balaban J connectivity index is 2.02. The minimum absolute atomic E-state index is 0.0638. The molecule has 4 nitrogen and oxygen atoms in total. The maximum Gasteiger partial charge on any atom is 0.260 e. The number of halogens is 4. The molecule has 0 saturated carbocycles. The molecule has 134 valence electrons. The molecule has 0 aliphatic carbocycles. The molecule has 1 amide bonds. The number of nitrogens with zero attached hydrogens (tertiary/aromatic N) is 1. The molecule has 0 heterocycles. The number of carbonyl (C=O) groups excluding carboxylic acids is 1. The van der Waals surface area contributed by atoms with Crippen LogP contribution < -0.4 is 9.47 Å². The maximum atomic E-state index is 13.5. The molecule has 0 saturated heterocycles. The molecule has 0 fully saturated rings. The first-order chi connectivity index (χ1) is 11.8. The van der Waals surface area contributed by atoms with Gasteiger partial charge in [-0.2, -0.15) is 8.78 Å². The molecule has 8 heteroatoms. The van der Waals surface area contributed by atoms with Gasteiger partial charge in [-0.3, -0.25) is 4.79 Å². The predicted molar refractivity (Wildman–Crippen MR) is 81.2 cm³/mol. The van der Waals surface area contributed by atoms with E-state index in [4.69, 9.17) is 4.74 Å². The molecule has 0 radical (unpaired) electrons. The molecule has 0 N–H and O–H groups in total. The lowest BCUT2D eigenvalue weighted by molar-refractivity contribution is -0.132. The van der Waals surface area contributed by atoms with Gasteiger partial charge < -0.3 is 14.4 Å². The van der Waals surface area contributed by atoms with Crippen molar-refractivity contribution in [3.8, 4) is 11.5 Å². The highest BCUT2D eigenvalue weighted by Gasteiger charge is 2.22. The van der Waals surface area contributed by atoms with Crippen molar-refractivity contribution in [3.63, 3.8) is 0 Å². The fraction of sp³-hybridized carbons (Fsp3) is 0.235. The van der Waals surface area contributed by atoms with E-state index in [1.165, 1.54) is 19.1 Å². The van der Waals surface area contributed by atoms with Gasteiger partial charge in [0.1, 0.15) is 5.75 Å². The summed E-state index contributed by atoms with van der Waals surface area (Å²) in [5.74, 6) is -7.89. The monoisotopic (exact) mass is 357 g/mol. The van der Waals surface area contributed by atoms with E-state index in [0.29, 0.717) is 5.75 Å². The Morgan fingerprint density at radius 2 is 1.72 bits per heavy atom. The largest absolute Gasteiger partial charge is 0.497 e. The van der Waals surface area contributed by atoms with Gasteiger partial charge in [0.05, 0.1) is 7.11 Å². The van der Waals surface area contributed by atoms with E-state index in [1.807, 2.05) is 0 Å². The van der Waals surface area contributed by atoms with Crippen molar-refractivity contribution in [1.82, 2.24) is 4.90 Å². The van der Waals surface area contributed by atoms with Crippen LogP contribution in [0, 0.1) is 23.3 Å². The summed E-state index contributed by atoms with van der Waals surface area (Å²) in [5.41, 5.74) is 0.754. The van der Waals surface area contributed by atoms with Gasteiger partial charge in [0, 0.05) is 19.7 Å². The normalized spacial score (nSPS) is 10.5. The summed E-state index contributed by atoms with van der Waals surface area (Å²) < 4.78 is 62.9. The number of hydrogen-bond donors (Lipinski definition) is 0.